The van der Waals surface area contributed by atoms with Crippen molar-refractivity contribution in [3.05, 3.63) is 36.5 Å². The monoisotopic (exact) mass is 278 g/mol. The molecule has 20 heavy (non-hydrogen) atoms. The first-order valence-corrected chi connectivity index (χ1v) is 6.69. The molecule has 0 rings (SSSR count). The normalized spacial score (nSPS) is 13.8. The average molecular weight is 278 g/mol. The van der Waals surface area contributed by atoms with Crippen LogP contribution >= 0.6 is 0 Å². The van der Waals surface area contributed by atoms with Crippen molar-refractivity contribution in [2.24, 2.45) is 15.0 Å². The molecule has 110 valence electrons. The van der Waals surface area contributed by atoms with Crippen molar-refractivity contribution in [1.29, 1.82) is 0 Å². The maximum Gasteiger partial charge on any atom is 0.115 e. The molecule has 0 aromatic heterocycles. The number of aliphatic imine (C=N–C) groups is 3. The molecule has 0 saturated heterocycles. The fourth-order valence-electron chi connectivity index (χ4n) is 1.15. The highest BCUT2D eigenvalue weighted by molar-refractivity contribution is 5.83. The molecular formula is C15H23FN4. The summed E-state index contributed by atoms with van der Waals surface area (Å²) in [6, 6.07) is 0. The second-order valence-electron chi connectivity index (χ2n) is 3.77. The van der Waals surface area contributed by atoms with Gasteiger partial charge < -0.3 is 5.32 Å². The van der Waals surface area contributed by atoms with E-state index in [1.165, 1.54) is 18.6 Å². The van der Waals surface area contributed by atoms with Crippen LogP contribution < -0.4 is 5.32 Å². The topological polar surface area (TPSA) is 49.1 Å². The Hall–Kier alpha value is -2.04. The minimum Gasteiger partial charge on any atom is -0.345 e. The third-order valence-corrected chi connectivity index (χ3v) is 2.16. The molecule has 0 unspecified atom stereocenters. The molecule has 0 radical (unpaired) electrons. The summed E-state index contributed by atoms with van der Waals surface area (Å²) in [4.78, 5) is 12.0. The molecule has 0 aromatic carbocycles. The molecule has 0 heterocycles. The van der Waals surface area contributed by atoms with Gasteiger partial charge >= 0.3 is 0 Å². The molecule has 0 aliphatic carbocycles. The molecule has 0 atom stereocenters. The lowest BCUT2D eigenvalue weighted by molar-refractivity contribution is 0.606. The molecule has 1 N–H and O–H groups in total. The molecule has 0 bridgehead atoms. The first-order chi connectivity index (χ1) is 9.63. The Labute approximate surface area is 120 Å². The van der Waals surface area contributed by atoms with Crippen LogP contribution in [0.1, 0.15) is 33.6 Å². The van der Waals surface area contributed by atoms with Crippen molar-refractivity contribution in [2.45, 2.75) is 33.6 Å². The minimum absolute atomic E-state index is 0.211. The lowest BCUT2D eigenvalue weighted by atomic mass is 10.4. The van der Waals surface area contributed by atoms with Gasteiger partial charge in [-0.15, -0.1) is 0 Å². The van der Waals surface area contributed by atoms with E-state index in [9.17, 15) is 4.39 Å². The number of amidine groups is 1. The van der Waals surface area contributed by atoms with Crippen LogP contribution in [0.25, 0.3) is 0 Å². The van der Waals surface area contributed by atoms with Gasteiger partial charge in [0.05, 0.1) is 0 Å². The first-order valence-electron chi connectivity index (χ1n) is 6.69. The zero-order valence-corrected chi connectivity index (χ0v) is 12.4. The van der Waals surface area contributed by atoms with E-state index in [-0.39, 0.29) is 5.83 Å². The number of rotatable bonds is 8. The SMILES string of the molecule is C=C(/C=C\N=CN=C/C=C(/F)CC)NC(CC)=NCC. The third kappa shape index (κ3) is 9.94. The first kappa shape index (κ1) is 18.0. The zero-order chi connectivity index (χ0) is 15.2. The van der Waals surface area contributed by atoms with Gasteiger partial charge in [-0.2, -0.15) is 0 Å². The Morgan fingerprint density at radius 3 is 2.55 bits per heavy atom. The molecule has 0 saturated carbocycles. The second kappa shape index (κ2) is 12.0. The minimum atomic E-state index is -0.211. The number of nitrogens with one attached hydrogen (secondary N) is 1. The summed E-state index contributed by atoms with van der Waals surface area (Å²) in [6.07, 6.45) is 8.49. The number of hydrogen-bond acceptors (Lipinski definition) is 2. The van der Waals surface area contributed by atoms with E-state index in [1.807, 2.05) is 13.8 Å². The van der Waals surface area contributed by atoms with Crippen LogP contribution in [0.15, 0.2) is 51.4 Å². The summed E-state index contributed by atoms with van der Waals surface area (Å²) in [5.74, 6) is 0.682. The van der Waals surface area contributed by atoms with E-state index in [0.717, 1.165) is 18.8 Å². The van der Waals surface area contributed by atoms with Gasteiger partial charge in [0.25, 0.3) is 0 Å². The lowest BCUT2D eigenvalue weighted by Gasteiger charge is -2.06. The number of hydrogen-bond donors (Lipinski definition) is 1. The van der Waals surface area contributed by atoms with Crippen molar-refractivity contribution in [3.63, 3.8) is 0 Å². The van der Waals surface area contributed by atoms with E-state index in [0.29, 0.717) is 12.1 Å². The van der Waals surface area contributed by atoms with E-state index in [4.69, 9.17) is 0 Å². The third-order valence-electron chi connectivity index (χ3n) is 2.16. The van der Waals surface area contributed by atoms with Crippen molar-refractivity contribution < 1.29 is 4.39 Å². The summed E-state index contributed by atoms with van der Waals surface area (Å²) in [5.41, 5.74) is 0.706. The lowest BCUT2D eigenvalue weighted by Crippen LogP contribution is -2.20. The fraction of sp³-hybridized carbons (Fsp3) is 0.400. The highest BCUT2D eigenvalue weighted by Gasteiger charge is 1.93. The van der Waals surface area contributed by atoms with Crippen LogP contribution in [0.4, 0.5) is 4.39 Å². The molecule has 0 aromatic rings. The summed E-state index contributed by atoms with van der Waals surface area (Å²) < 4.78 is 12.7. The maximum absolute atomic E-state index is 12.7. The highest BCUT2D eigenvalue weighted by atomic mass is 19.1. The van der Waals surface area contributed by atoms with E-state index >= 15 is 0 Å². The molecule has 4 nitrogen and oxygen atoms in total. The van der Waals surface area contributed by atoms with Gasteiger partial charge in [0.2, 0.25) is 0 Å². The predicted octanol–water partition coefficient (Wildman–Crippen LogP) is 3.79. The smallest absolute Gasteiger partial charge is 0.115 e. The standard InChI is InChI=1S/C15H23FN4/c1-5-14(16)9-11-18-12-17-10-8-13(4)20-15(6-2)19-7-3/h8-12H,4-7H2,1-3H3,(H,19,20)/b10-8-,14-9+,17-12?,18-11?. The quantitative estimate of drug-likeness (QED) is 0.410. The van der Waals surface area contributed by atoms with Gasteiger partial charge in [-0.25, -0.2) is 14.4 Å². The Morgan fingerprint density at radius 1 is 1.20 bits per heavy atom. The van der Waals surface area contributed by atoms with Crippen molar-refractivity contribution in [2.75, 3.05) is 6.54 Å². The largest absolute Gasteiger partial charge is 0.345 e. The molecule has 0 aliphatic heterocycles. The maximum atomic E-state index is 12.7. The van der Waals surface area contributed by atoms with Crippen LogP contribution in [0.3, 0.4) is 0 Å². The highest BCUT2D eigenvalue weighted by Crippen LogP contribution is 1.98. The van der Waals surface area contributed by atoms with Gasteiger partial charge in [-0.05, 0) is 25.5 Å². The fourth-order valence-corrected chi connectivity index (χ4v) is 1.15. The van der Waals surface area contributed by atoms with E-state index in [1.54, 1.807) is 19.2 Å². The van der Waals surface area contributed by atoms with Crippen molar-refractivity contribution >= 4 is 18.4 Å². The van der Waals surface area contributed by atoms with Crippen LogP contribution in [-0.4, -0.2) is 24.9 Å². The summed E-state index contributed by atoms with van der Waals surface area (Å²) in [5, 5.41) is 3.09. The second-order valence-corrected chi connectivity index (χ2v) is 3.77. The van der Waals surface area contributed by atoms with Crippen LogP contribution in [0.2, 0.25) is 0 Å². The summed E-state index contributed by atoms with van der Waals surface area (Å²) >= 11 is 0. The van der Waals surface area contributed by atoms with Crippen LogP contribution in [0.5, 0.6) is 0 Å². The molecule has 0 amide bonds. The molecule has 0 aliphatic rings. The summed E-state index contributed by atoms with van der Waals surface area (Å²) in [7, 11) is 0. The Kier molecular flexibility index (Phi) is 10.8. The van der Waals surface area contributed by atoms with Gasteiger partial charge in [0, 0.05) is 31.1 Å². The van der Waals surface area contributed by atoms with Crippen LogP contribution in [-0.2, 0) is 0 Å². The van der Waals surface area contributed by atoms with Crippen molar-refractivity contribution in [3.8, 4) is 0 Å². The summed E-state index contributed by atoms with van der Waals surface area (Å²) in [6.45, 7) is 10.3. The van der Waals surface area contributed by atoms with Gasteiger partial charge in [-0.3, -0.25) is 4.99 Å². The van der Waals surface area contributed by atoms with Crippen molar-refractivity contribution in [1.82, 2.24) is 5.32 Å². The Bertz CT molecular complexity index is 431. The Balaban J connectivity index is 4.18. The molecular weight excluding hydrogens is 255 g/mol. The van der Waals surface area contributed by atoms with E-state index in [2.05, 4.69) is 26.9 Å². The predicted molar refractivity (Wildman–Crippen MR) is 86.1 cm³/mol. The molecule has 5 heteroatoms. The van der Waals surface area contributed by atoms with E-state index < -0.39 is 0 Å². The van der Waals surface area contributed by atoms with Gasteiger partial charge in [-0.1, -0.05) is 20.4 Å². The average Bonchev–Trinajstić information content (AvgIpc) is 2.45. The number of halogens is 1. The number of nitrogens with zero attached hydrogens (tertiary/aromatic N) is 3. The molecule has 0 fully saturated rings. The zero-order valence-electron chi connectivity index (χ0n) is 12.4. The van der Waals surface area contributed by atoms with Crippen LogP contribution in [0, 0.1) is 0 Å². The van der Waals surface area contributed by atoms with Gasteiger partial charge in [0.15, 0.2) is 0 Å². The Morgan fingerprint density at radius 2 is 1.95 bits per heavy atom. The van der Waals surface area contributed by atoms with Gasteiger partial charge in [0.1, 0.15) is 18.0 Å². The molecule has 0 spiro atoms. The number of allylic oxidation sites excluding steroid dienone is 3.